The Hall–Kier alpha value is -1.91. The summed E-state index contributed by atoms with van der Waals surface area (Å²) in [4.78, 5) is 31.2. The van der Waals surface area contributed by atoms with E-state index >= 15 is 0 Å². The van der Waals surface area contributed by atoms with E-state index in [1.165, 1.54) is 12.8 Å². The summed E-state index contributed by atoms with van der Waals surface area (Å²) in [5, 5.41) is 0. The molecule has 0 aliphatic heterocycles. The largest absolute Gasteiger partial charge is 0.462 e. The number of hydrogen-bond acceptors (Lipinski definition) is 4. The normalized spacial score (nSPS) is 45.9. The van der Waals surface area contributed by atoms with Gasteiger partial charge in [-0.05, 0) is 110 Å². The molecule has 0 N–H and O–H groups in total. The average Bonchev–Trinajstić information content (AvgIpc) is 3.47. The number of fused-ring (bicyclic) bond motifs is 7. The number of ether oxygens (including phenoxy) is 1. The van der Waals surface area contributed by atoms with Gasteiger partial charge < -0.3 is 4.74 Å². The first-order valence-electron chi connectivity index (χ1n) is 17.2. The molecule has 42 heavy (non-hydrogen) atoms. The third-order valence-corrected chi connectivity index (χ3v) is 14.8. The van der Waals surface area contributed by atoms with Crippen molar-refractivity contribution in [2.45, 2.75) is 132 Å². The van der Waals surface area contributed by atoms with Crippen LogP contribution in [0.1, 0.15) is 131 Å². The Bertz CT molecular complexity index is 1250. The fraction of sp³-hybridized carbons (Fsp3) is 0.811. The highest BCUT2D eigenvalue weighted by molar-refractivity contribution is 5.86. The van der Waals surface area contributed by atoms with Crippen molar-refractivity contribution in [1.29, 1.82) is 0 Å². The predicted octanol–water partition coefficient (Wildman–Crippen LogP) is 8.89. The number of aromatic nitrogens is 2. The molecule has 4 saturated carbocycles. The molecule has 10 atom stereocenters. The summed E-state index contributed by atoms with van der Waals surface area (Å²) >= 11 is 0. The zero-order valence-corrected chi connectivity index (χ0v) is 27.7. The molecule has 4 fully saturated rings. The Labute approximate surface area is 254 Å². The van der Waals surface area contributed by atoms with E-state index in [4.69, 9.17) is 4.74 Å². The number of imidazole rings is 1. The quantitative estimate of drug-likeness (QED) is 0.265. The molecule has 0 bridgehead atoms. The van der Waals surface area contributed by atoms with Gasteiger partial charge in [0.05, 0.1) is 5.41 Å². The lowest BCUT2D eigenvalue weighted by atomic mass is 9.33. The SMILES string of the molecule is CCCC(=O)O[C@H]1CC[C@]2(C)[C@H]3CC=C4[C@@H]5[C@@H](C)[C@H](C)CC[C@]5(C(=O)n5ccnc5)CC[C@@]4(C)[C@]3(C)CC[C@H]2C1(C)C. The van der Waals surface area contributed by atoms with Crippen LogP contribution in [0, 0.1) is 56.7 Å². The van der Waals surface area contributed by atoms with Gasteiger partial charge in [-0.1, -0.05) is 67.0 Å². The van der Waals surface area contributed by atoms with E-state index in [0.717, 1.165) is 51.4 Å². The summed E-state index contributed by atoms with van der Waals surface area (Å²) in [6, 6.07) is 0. The molecule has 0 saturated heterocycles. The molecule has 5 nitrogen and oxygen atoms in total. The van der Waals surface area contributed by atoms with Crippen LogP contribution in [0.5, 0.6) is 0 Å². The fourth-order valence-electron chi connectivity index (χ4n) is 12.1. The third kappa shape index (κ3) is 3.96. The maximum Gasteiger partial charge on any atom is 0.306 e. The molecule has 5 aliphatic rings. The zero-order valence-electron chi connectivity index (χ0n) is 27.7. The van der Waals surface area contributed by atoms with Crippen molar-refractivity contribution in [3.05, 3.63) is 30.4 Å². The number of carbonyl (C=O) groups is 2. The molecular weight excluding hydrogens is 520 g/mol. The van der Waals surface area contributed by atoms with Gasteiger partial charge in [0.1, 0.15) is 12.4 Å². The van der Waals surface area contributed by atoms with Gasteiger partial charge in [0.2, 0.25) is 5.91 Å². The van der Waals surface area contributed by atoms with Crippen molar-refractivity contribution in [3.8, 4) is 0 Å². The summed E-state index contributed by atoms with van der Waals surface area (Å²) in [5.74, 6) is 2.77. The zero-order chi connectivity index (χ0) is 30.3. The molecule has 0 radical (unpaired) electrons. The van der Waals surface area contributed by atoms with Gasteiger partial charge in [-0.2, -0.15) is 0 Å². The Morgan fingerprint density at radius 1 is 0.976 bits per heavy atom. The van der Waals surface area contributed by atoms with E-state index < -0.39 is 0 Å². The summed E-state index contributed by atoms with van der Waals surface area (Å²) in [6.45, 7) is 19.5. The molecule has 0 aromatic carbocycles. The molecule has 0 amide bonds. The summed E-state index contributed by atoms with van der Waals surface area (Å²) in [7, 11) is 0. The van der Waals surface area contributed by atoms with Crippen molar-refractivity contribution >= 4 is 11.9 Å². The predicted molar refractivity (Wildman–Crippen MR) is 167 cm³/mol. The van der Waals surface area contributed by atoms with Crippen LogP contribution in [-0.2, 0) is 9.53 Å². The number of nitrogens with zero attached hydrogens (tertiary/aromatic N) is 2. The van der Waals surface area contributed by atoms with Crippen LogP contribution < -0.4 is 0 Å². The van der Waals surface area contributed by atoms with Crippen molar-refractivity contribution in [2.24, 2.45) is 56.7 Å². The lowest BCUT2D eigenvalue weighted by Crippen LogP contribution is -2.65. The molecule has 232 valence electrons. The minimum atomic E-state index is -0.329. The summed E-state index contributed by atoms with van der Waals surface area (Å²) in [6.07, 6.45) is 19.1. The van der Waals surface area contributed by atoms with Crippen molar-refractivity contribution in [2.75, 3.05) is 0 Å². The molecule has 6 rings (SSSR count). The number of carbonyl (C=O) groups excluding carboxylic acids is 2. The Balaban J connectivity index is 1.37. The van der Waals surface area contributed by atoms with Crippen molar-refractivity contribution in [3.63, 3.8) is 0 Å². The van der Waals surface area contributed by atoms with E-state index in [1.54, 1.807) is 22.7 Å². The van der Waals surface area contributed by atoms with Gasteiger partial charge >= 0.3 is 5.97 Å². The van der Waals surface area contributed by atoms with Gasteiger partial charge in [-0.15, -0.1) is 0 Å². The number of rotatable bonds is 4. The smallest absolute Gasteiger partial charge is 0.306 e. The maximum absolute atomic E-state index is 14.3. The first-order chi connectivity index (χ1) is 19.8. The first-order valence-corrected chi connectivity index (χ1v) is 17.2. The molecule has 0 spiro atoms. The summed E-state index contributed by atoms with van der Waals surface area (Å²) < 4.78 is 7.95. The second-order valence-electron chi connectivity index (χ2n) is 16.7. The lowest BCUT2D eigenvalue weighted by Gasteiger charge is -2.71. The van der Waals surface area contributed by atoms with E-state index in [1.807, 2.05) is 6.20 Å². The Kier molecular flexibility index (Phi) is 7.22. The van der Waals surface area contributed by atoms with Gasteiger partial charge in [-0.25, -0.2) is 4.98 Å². The fourth-order valence-corrected chi connectivity index (χ4v) is 12.1. The molecule has 5 aliphatic carbocycles. The standard InChI is InChI=1S/C37H56N2O3/c1-9-10-30(40)42-29-15-16-34(6)27(33(29,4)5)14-17-36(8)28(34)12-11-26-31-25(3)24(2)13-18-37(31,20-19-35(26,36)7)32(41)39-22-21-38-23-39/h11,21-25,27-29,31H,9-10,12-20H2,1-8H3/t24-,25+,27+,28-,29+,31+,34+,35-,36-,37+/m1/s1. The van der Waals surface area contributed by atoms with Crippen LogP contribution in [0.2, 0.25) is 0 Å². The van der Waals surface area contributed by atoms with Crippen molar-refractivity contribution < 1.29 is 14.3 Å². The number of hydrogen-bond donors (Lipinski definition) is 0. The second kappa shape index (κ2) is 10.1. The molecule has 5 heteroatoms. The molecule has 1 aromatic heterocycles. The van der Waals surface area contributed by atoms with Gasteiger partial charge in [-0.3, -0.25) is 14.2 Å². The third-order valence-electron chi connectivity index (χ3n) is 14.8. The number of esters is 1. The van der Waals surface area contributed by atoms with Gasteiger partial charge in [0, 0.05) is 24.2 Å². The second-order valence-corrected chi connectivity index (χ2v) is 16.7. The van der Waals surface area contributed by atoms with Crippen LogP contribution in [0.3, 0.4) is 0 Å². The lowest BCUT2D eigenvalue weighted by molar-refractivity contribution is -0.212. The maximum atomic E-state index is 14.3. The van der Waals surface area contributed by atoms with E-state index in [2.05, 4.69) is 66.4 Å². The number of allylic oxidation sites excluding steroid dienone is 2. The monoisotopic (exact) mass is 576 g/mol. The topological polar surface area (TPSA) is 61.2 Å². The average molecular weight is 577 g/mol. The molecular formula is C37H56N2O3. The Morgan fingerprint density at radius 2 is 1.74 bits per heavy atom. The highest BCUT2D eigenvalue weighted by atomic mass is 16.5. The van der Waals surface area contributed by atoms with E-state index in [-0.39, 0.29) is 45.1 Å². The van der Waals surface area contributed by atoms with Crippen LogP contribution in [0.4, 0.5) is 0 Å². The van der Waals surface area contributed by atoms with E-state index in [9.17, 15) is 9.59 Å². The van der Waals surface area contributed by atoms with Gasteiger partial charge in [0.25, 0.3) is 0 Å². The Morgan fingerprint density at radius 3 is 2.43 bits per heavy atom. The first kappa shape index (κ1) is 30.1. The van der Waals surface area contributed by atoms with Crippen LogP contribution >= 0.6 is 0 Å². The van der Waals surface area contributed by atoms with Crippen LogP contribution in [-0.4, -0.2) is 27.5 Å². The summed E-state index contributed by atoms with van der Waals surface area (Å²) in [5.41, 5.74) is 1.74. The minimum Gasteiger partial charge on any atom is -0.462 e. The molecule has 1 heterocycles. The van der Waals surface area contributed by atoms with Crippen molar-refractivity contribution in [1.82, 2.24) is 9.55 Å². The molecule has 1 aromatic rings. The van der Waals surface area contributed by atoms with Gasteiger partial charge in [0.15, 0.2) is 0 Å². The van der Waals surface area contributed by atoms with Crippen LogP contribution in [0.15, 0.2) is 30.4 Å². The molecule has 0 unspecified atom stereocenters. The highest BCUT2D eigenvalue weighted by Crippen LogP contribution is 2.76. The minimum absolute atomic E-state index is 0.0123. The van der Waals surface area contributed by atoms with E-state index in [0.29, 0.717) is 36.0 Å². The van der Waals surface area contributed by atoms with Crippen LogP contribution in [0.25, 0.3) is 0 Å². The highest BCUT2D eigenvalue weighted by Gasteiger charge is 2.69.